The summed E-state index contributed by atoms with van der Waals surface area (Å²) < 4.78 is 5.17. The number of amides is 2. The lowest BCUT2D eigenvalue weighted by molar-refractivity contribution is -0.142. The van der Waals surface area contributed by atoms with Gasteiger partial charge < -0.3 is 19.7 Å². The van der Waals surface area contributed by atoms with Gasteiger partial charge in [-0.2, -0.15) is 0 Å². The van der Waals surface area contributed by atoms with Crippen molar-refractivity contribution in [1.29, 1.82) is 0 Å². The fourth-order valence-electron chi connectivity index (χ4n) is 1.78. The third-order valence-electron chi connectivity index (χ3n) is 3.10. The van der Waals surface area contributed by atoms with E-state index >= 15 is 0 Å². The van der Waals surface area contributed by atoms with E-state index in [-0.39, 0.29) is 0 Å². The average molecular weight is 282 g/mol. The number of aryl methyl sites for hydroxylation is 1. The summed E-state index contributed by atoms with van der Waals surface area (Å²) in [5, 5.41) is 11.7. The van der Waals surface area contributed by atoms with E-state index in [0.717, 1.165) is 11.3 Å². The fraction of sp³-hybridized carbons (Fsp3) is 0.571. The monoisotopic (exact) mass is 282 g/mol. The molecule has 0 saturated heterocycles. The third-order valence-corrected chi connectivity index (χ3v) is 3.10. The summed E-state index contributed by atoms with van der Waals surface area (Å²) in [6.45, 7) is 7.49. The summed E-state index contributed by atoms with van der Waals surface area (Å²) in [6.07, 6.45) is 1.56. The molecule has 2 N–H and O–H groups in total. The number of aliphatic carboxylic acids is 1. The lowest BCUT2D eigenvalue weighted by Crippen LogP contribution is -2.52. The van der Waals surface area contributed by atoms with Gasteiger partial charge >= 0.3 is 12.0 Å². The molecule has 0 aliphatic heterocycles. The maximum atomic E-state index is 12.1. The van der Waals surface area contributed by atoms with Crippen LogP contribution in [0.2, 0.25) is 0 Å². The highest BCUT2D eigenvalue weighted by atomic mass is 16.4. The average Bonchev–Trinajstić information content (AvgIpc) is 2.69. The molecule has 0 aliphatic carbocycles. The van der Waals surface area contributed by atoms with Crippen molar-refractivity contribution in [3.8, 4) is 0 Å². The molecule has 20 heavy (non-hydrogen) atoms. The molecular formula is C14H22N2O4. The van der Waals surface area contributed by atoms with Crippen LogP contribution in [0, 0.1) is 12.3 Å². The number of carboxylic acid groups (broad SMARTS) is 1. The van der Waals surface area contributed by atoms with Crippen LogP contribution in [0.1, 0.15) is 32.1 Å². The number of hydrogen-bond acceptors (Lipinski definition) is 3. The van der Waals surface area contributed by atoms with E-state index < -0.39 is 23.5 Å². The molecule has 6 nitrogen and oxygen atoms in total. The molecule has 0 bridgehead atoms. The van der Waals surface area contributed by atoms with Gasteiger partial charge in [-0.1, -0.05) is 20.8 Å². The molecule has 1 atom stereocenters. The van der Waals surface area contributed by atoms with Crippen molar-refractivity contribution < 1.29 is 19.1 Å². The summed E-state index contributed by atoms with van der Waals surface area (Å²) in [7, 11) is 1.61. The van der Waals surface area contributed by atoms with Crippen LogP contribution in [0.4, 0.5) is 4.79 Å². The van der Waals surface area contributed by atoms with Crippen molar-refractivity contribution in [1.82, 2.24) is 10.2 Å². The first-order chi connectivity index (χ1) is 9.12. The molecule has 0 spiro atoms. The van der Waals surface area contributed by atoms with E-state index in [9.17, 15) is 14.7 Å². The zero-order chi connectivity index (χ0) is 15.5. The van der Waals surface area contributed by atoms with Gasteiger partial charge in [-0.15, -0.1) is 0 Å². The van der Waals surface area contributed by atoms with Gasteiger partial charge in [0.05, 0.1) is 12.8 Å². The second kappa shape index (κ2) is 5.98. The van der Waals surface area contributed by atoms with Crippen LogP contribution in [-0.2, 0) is 11.3 Å². The molecule has 1 unspecified atom stereocenters. The summed E-state index contributed by atoms with van der Waals surface area (Å²) in [5.41, 5.74) is 0.332. The van der Waals surface area contributed by atoms with Crippen molar-refractivity contribution in [3.05, 3.63) is 23.7 Å². The maximum absolute atomic E-state index is 12.1. The van der Waals surface area contributed by atoms with Gasteiger partial charge in [0.15, 0.2) is 0 Å². The lowest BCUT2D eigenvalue weighted by Gasteiger charge is -2.29. The zero-order valence-electron chi connectivity index (χ0n) is 12.6. The number of hydrogen-bond donors (Lipinski definition) is 2. The molecule has 1 aromatic heterocycles. The van der Waals surface area contributed by atoms with Crippen molar-refractivity contribution in [2.75, 3.05) is 7.05 Å². The van der Waals surface area contributed by atoms with E-state index in [1.54, 1.807) is 40.1 Å². The molecule has 2 amide bonds. The van der Waals surface area contributed by atoms with Gasteiger partial charge in [-0.3, -0.25) is 0 Å². The van der Waals surface area contributed by atoms with E-state index in [1.807, 2.05) is 6.92 Å². The topological polar surface area (TPSA) is 82.8 Å². The van der Waals surface area contributed by atoms with Gasteiger partial charge in [0.2, 0.25) is 0 Å². The SMILES string of the molecule is Cc1occc1CN(C)C(=O)NC(C(=O)O)C(C)(C)C. The number of furan rings is 1. The standard InChI is InChI=1S/C14H22N2O4/c1-9-10(6-7-20-9)8-16(5)13(19)15-11(12(17)18)14(2,3)4/h6-7,11H,8H2,1-5H3,(H,15,19)(H,17,18). The first-order valence-corrected chi connectivity index (χ1v) is 6.40. The second-order valence-electron chi connectivity index (χ2n) is 5.94. The number of urea groups is 1. The first-order valence-electron chi connectivity index (χ1n) is 6.40. The summed E-state index contributed by atoms with van der Waals surface area (Å²) in [6, 6.07) is 0.424. The summed E-state index contributed by atoms with van der Waals surface area (Å²) >= 11 is 0. The van der Waals surface area contributed by atoms with Gasteiger partial charge in [-0.05, 0) is 18.4 Å². The number of carbonyl (C=O) groups excluding carboxylic acids is 1. The molecule has 1 heterocycles. The summed E-state index contributed by atoms with van der Waals surface area (Å²) in [4.78, 5) is 24.7. The van der Waals surface area contributed by atoms with Crippen molar-refractivity contribution in [2.45, 2.75) is 40.3 Å². The quantitative estimate of drug-likeness (QED) is 0.887. The van der Waals surface area contributed by atoms with Crippen LogP contribution in [0.5, 0.6) is 0 Å². The van der Waals surface area contributed by atoms with Crippen LogP contribution < -0.4 is 5.32 Å². The molecule has 1 aromatic rings. The van der Waals surface area contributed by atoms with Crippen molar-refractivity contribution in [3.63, 3.8) is 0 Å². The lowest BCUT2D eigenvalue weighted by atomic mass is 9.87. The zero-order valence-corrected chi connectivity index (χ0v) is 12.6. The Hall–Kier alpha value is -1.98. The third kappa shape index (κ3) is 4.01. The highest BCUT2D eigenvalue weighted by Crippen LogP contribution is 2.20. The smallest absolute Gasteiger partial charge is 0.326 e. The van der Waals surface area contributed by atoms with Crippen LogP contribution in [0.3, 0.4) is 0 Å². The Morgan fingerprint density at radius 2 is 2.05 bits per heavy atom. The molecular weight excluding hydrogens is 260 g/mol. The van der Waals surface area contributed by atoms with Crippen molar-refractivity contribution in [2.24, 2.45) is 5.41 Å². The Morgan fingerprint density at radius 3 is 2.45 bits per heavy atom. The minimum Gasteiger partial charge on any atom is -0.480 e. The minimum absolute atomic E-state index is 0.366. The predicted octanol–water partition coefficient (Wildman–Crippen LogP) is 2.23. The van der Waals surface area contributed by atoms with Crippen LogP contribution in [0.15, 0.2) is 16.7 Å². The van der Waals surface area contributed by atoms with E-state index in [0.29, 0.717) is 6.54 Å². The molecule has 112 valence electrons. The van der Waals surface area contributed by atoms with Crippen molar-refractivity contribution >= 4 is 12.0 Å². The molecule has 0 fully saturated rings. The highest BCUT2D eigenvalue weighted by Gasteiger charge is 2.33. The number of nitrogens with zero attached hydrogens (tertiary/aromatic N) is 1. The maximum Gasteiger partial charge on any atom is 0.326 e. The van der Waals surface area contributed by atoms with Crippen LogP contribution in [0.25, 0.3) is 0 Å². The Bertz CT molecular complexity index is 488. The van der Waals surface area contributed by atoms with E-state index in [1.165, 1.54) is 4.90 Å². The minimum atomic E-state index is -1.04. The number of carbonyl (C=O) groups is 2. The van der Waals surface area contributed by atoms with Gasteiger partial charge in [-0.25, -0.2) is 9.59 Å². The fourth-order valence-corrected chi connectivity index (χ4v) is 1.78. The molecule has 6 heteroatoms. The number of carboxylic acids is 1. The Balaban J connectivity index is 2.70. The molecule has 0 saturated carbocycles. The Labute approximate surface area is 118 Å². The number of nitrogens with one attached hydrogen (secondary N) is 1. The summed E-state index contributed by atoms with van der Waals surface area (Å²) in [5.74, 6) is -0.297. The van der Waals surface area contributed by atoms with Crippen LogP contribution >= 0.6 is 0 Å². The predicted molar refractivity (Wildman–Crippen MR) is 74.3 cm³/mol. The van der Waals surface area contributed by atoms with E-state index in [4.69, 9.17) is 4.42 Å². The highest BCUT2D eigenvalue weighted by molar-refractivity contribution is 5.83. The van der Waals surface area contributed by atoms with Gasteiger partial charge in [0, 0.05) is 12.6 Å². The van der Waals surface area contributed by atoms with Gasteiger partial charge in [0.25, 0.3) is 0 Å². The number of rotatable bonds is 4. The molecule has 0 aromatic carbocycles. The normalized spacial score (nSPS) is 12.8. The Kier molecular flexibility index (Phi) is 4.81. The second-order valence-corrected chi connectivity index (χ2v) is 5.94. The largest absolute Gasteiger partial charge is 0.480 e. The van der Waals surface area contributed by atoms with E-state index in [2.05, 4.69) is 5.32 Å². The van der Waals surface area contributed by atoms with Crippen LogP contribution in [-0.4, -0.2) is 35.1 Å². The molecule has 1 rings (SSSR count). The molecule has 0 radical (unpaired) electrons. The molecule has 0 aliphatic rings. The Morgan fingerprint density at radius 1 is 1.45 bits per heavy atom. The first kappa shape index (κ1) is 16.1. The van der Waals surface area contributed by atoms with Gasteiger partial charge in [0.1, 0.15) is 11.8 Å².